The minimum Gasteiger partial charge on any atom is -0.456 e. The van der Waals surface area contributed by atoms with Crippen LogP contribution in [-0.4, -0.2) is 25.3 Å². The summed E-state index contributed by atoms with van der Waals surface area (Å²) in [6.45, 7) is 1.09. The maximum atomic E-state index is 11.7. The lowest BCUT2D eigenvalue weighted by Crippen LogP contribution is -2.18. The number of hydrogen-bond donors (Lipinski definition) is 1. The van der Waals surface area contributed by atoms with Gasteiger partial charge < -0.3 is 15.2 Å². The highest BCUT2D eigenvalue weighted by atomic mass is 35.5. The van der Waals surface area contributed by atoms with Gasteiger partial charge in [0.2, 0.25) is 0 Å². The summed E-state index contributed by atoms with van der Waals surface area (Å²) in [5, 5.41) is 0.498. The first-order valence-corrected chi connectivity index (χ1v) is 5.38. The number of nitrogen functional groups attached to an aromatic ring is 1. The average Bonchev–Trinajstić information content (AvgIpc) is 2.70. The molecule has 1 unspecified atom stereocenters. The Morgan fingerprint density at radius 1 is 1.56 bits per heavy atom. The first kappa shape index (κ1) is 11.2. The Balaban J connectivity index is 2.08. The predicted octanol–water partition coefficient (Wildman–Crippen LogP) is 1.87. The number of nitrogens with two attached hydrogens (primary N) is 1. The fourth-order valence-electron chi connectivity index (χ4n) is 1.54. The molecule has 16 heavy (non-hydrogen) atoms. The zero-order valence-electron chi connectivity index (χ0n) is 8.61. The molecular formula is C11H12ClNO3. The average molecular weight is 242 g/mol. The lowest BCUT2D eigenvalue weighted by molar-refractivity contribution is 0.0272. The van der Waals surface area contributed by atoms with Crippen molar-refractivity contribution in [1.29, 1.82) is 0 Å². The van der Waals surface area contributed by atoms with E-state index in [4.69, 9.17) is 26.8 Å². The Hall–Kier alpha value is -1.26. The highest BCUT2D eigenvalue weighted by molar-refractivity contribution is 6.31. The number of ether oxygens (including phenoxy) is 2. The predicted molar refractivity (Wildman–Crippen MR) is 60.5 cm³/mol. The third-order valence-electron chi connectivity index (χ3n) is 2.40. The van der Waals surface area contributed by atoms with Crippen molar-refractivity contribution in [3.63, 3.8) is 0 Å². The zero-order valence-corrected chi connectivity index (χ0v) is 9.37. The van der Waals surface area contributed by atoms with E-state index in [1.807, 2.05) is 0 Å². The molecule has 2 N–H and O–H groups in total. The largest absolute Gasteiger partial charge is 0.456 e. The van der Waals surface area contributed by atoms with Crippen molar-refractivity contribution in [2.24, 2.45) is 0 Å². The Morgan fingerprint density at radius 3 is 3.00 bits per heavy atom. The van der Waals surface area contributed by atoms with E-state index in [9.17, 15) is 4.79 Å². The second kappa shape index (κ2) is 4.72. The first-order chi connectivity index (χ1) is 7.66. The molecule has 0 aliphatic carbocycles. The third kappa shape index (κ3) is 2.46. The lowest BCUT2D eigenvalue weighted by atomic mass is 10.2. The molecule has 1 fully saturated rings. The lowest BCUT2D eigenvalue weighted by Gasteiger charge is -2.11. The SMILES string of the molecule is Nc1cc(Cl)ccc1C(=O)OC1CCOC1. The van der Waals surface area contributed by atoms with E-state index in [1.54, 1.807) is 12.1 Å². The topological polar surface area (TPSA) is 61.6 Å². The van der Waals surface area contributed by atoms with E-state index in [2.05, 4.69) is 0 Å². The fraction of sp³-hybridized carbons (Fsp3) is 0.364. The van der Waals surface area contributed by atoms with Crippen molar-refractivity contribution in [2.75, 3.05) is 18.9 Å². The van der Waals surface area contributed by atoms with Gasteiger partial charge in [-0.05, 0) is 18.2 Å². The summed E-state index contributed by atoms with van der Waals surface area (Å²) in [6.07, 6.45) is 0.571. The molecule has 0 amide bonds. The van der Waals surface area contributed by atoms with Gasteiger partial charge in [-0.25, -0.2) is 4.79 Å². The molecule has 0 bridgehead atoms. The molecule has 1 aromatic carbocycles. The minimum atomic E-state index is -0.426. The molecule has 1 heterocycles. The van der Waals surface area contributed by atoms with E-state index in [-0.39, 0.29) is 6.10 Å². The van der Waals surface area contributed by atoms with Crippen molar-refractivity contribution in [2.45, 2.75) is 12.5 Å². The number of carbonyl (C=O) groups is 1. The molecular weight excluding hydrogens is 230 g/mol. The maximum absolute atomic E-state index is 11.7. The maximum Gasteiger partial charge on any atom is 0.340 e. The number of esters is 1. The van der Waals surface area contributed by atoms with E-state index >= 15 is 0 Å². The number of hydrogen-bond acceptors (Lipinski definition) is 4. The molecule has 0 spiro atoms. The molecule has 1 atom stereocenters. The molecule has 4 nitrogen and oxygen atoms in total. The summed E-state index contributed by atoms with van der Waals surface area (Å²) in [6, 6.07) is 4.71. The van der Waals surface area contributed by atoms with Gasteiger partial charge in [0.25, 0.3) is 0 Å². The standard InChI is InChI=1S/C11H12ClNO3/c12-7-1-2-9(10(13)5-7)11(14)16-8-3-4-15-6-8/h1-2,5,8H,3-4,6,13H2. The molecule has 1 aromatic rings. The van der Waals surface area contributed by atoms with Crippen molar-refractivity contribution in [3.8, 4) is 0 Å². The Labute approximate surface area is 98.3 Å². The van der Waals surface area contributed by atoms with Crippen LogP contribution in [0.3, 0.4) is 0 Å². The van der Waals surface area contributed by atoms with E-state index < -0.39 is 5.97 Å². The monoisotopic (exact) mass is 241 g/mol. The number of benzene rings is 1. The highest BCUT2D eigenvalue weighted by Gasteiger charge is 2.21. The van der Waals surface area contributed by atoms with Crippen molar-refractivity contribution in [1.82, 2.24) is 0 Å². The fourth-order valence-corrected chi connectivity index (χ4v) is 1.72. The molecule has 5 heteroatoms. The summed E-state index contributed by atoms with van der Waals surface area (Å²) in [5.41, 5.74) is 6.35. The van der Waals surface area contributed by atoms with Crippen LogP contribution in [0.1, 0.15) is 16.8 Å². The molecule has 1 aliphatic heterocycles. The molecule has 1 aliphatic rings. The van der Waals surface area contributed by atoms with Gasteiger partial charge in [-0.3, -0.25) is 0 Å². The second-order valence-electron chi connectivity index (χ2n) is 3.62. The van der Waals surface area contributed by atoms with Gasteiger partial charge in [0.15, 0.2) is 0 Å². The quantitative estimate of drug-likeness (QED) is 0.634. The van der Waals surface area contributed by atoms with Crippen LogP contribution < -0.4 is 5.73 Å². The molecule has 0 radical (unpaired) electrons. The summed E-state index contributed by atoms with van der Waals surface area (Å²) in [4.78, 5) is 11.7. The third-order valence-corrected chi connectivity index (χ3v) is 2.63. The van der Waals surface area contributed by atoms with Crippen molar-refractivity contribution < 1.29 is 14.3 Å². The van der Waals surface area contributed by atoms with Crippen LogP contribution in [0.15, 0.2) is 18.2 Å². The van der Waals surface area contributed by atoms with Crippen LogP contribution in [0.2, 0.25) is 5.02 Å². The summed E-state index contributed by atoms with van der Waals surface area (Å²) in [5.74, 6) is -0.426. The highest BCUT2D eigenvalue weighted by Crippen LogP contribution is 2.20. The molecule has 0 aromatic heterocycles. The van der Waals surface area contributed by atoms with Crippen LogP contribution in [0.5, 0.6) is 0 Å². The number of carbonyl (C=O) groups excluding carboxylic acids is 1. The summed E-state index contributed by atoms with van der Waals surface area (Å²) in [7, 11) is 0. The number of rotatable bonds is 2. The van der Waals surface area contributed by atoms with E-state index in [0.29, 0.717) is 29.5 Å². The van der Waals surface area contributed by atoms with Gasteiger partial charge in [0.1, 0.15) is 6.10 Å². The van der Waals surface area contributed by atoms with E-state index in [1.165, 1.54) is 6.07 Å². The molecule has 0 saturated carbocycles. The van der Waals surface area contributed by atoms with Crippen molar-refractivity contribution in [3.05, 3.63) is 28.8 Å². The normalized spacial score (nSPS) is 19.7. The Bertz CT molecular complexity index is 402. The molecule has 86 valence electrons. The van der Waals surface area contributed by atoms with Crippen molar-refractivity contribution >= 4 is 23.3 Å². The number of halogens is 1. The smallest absolute Gasteiger partial charge is 0.340 e. The van der Waals surface area contributed by atoms with Gasteiger partial charge in [0, 0.05) is 17.1 Å². The van der Waals surface area contributed by atoms with Gasteiger partial charge in [-0.1, -0.05) is 11.6 Å². The Morgan fingerprint density at radius 2 is 2.38 bits per heavy atom. The van der Waals surface area contributed by atoms with Gasteiger partial charge in [0.05, 0.1) is 18.8 Å². The first-order valence-electron chi connectivity index (χ1n) is 5.00. The van der Waals surface area contributed by atoms with Gasteiger partial charge >= 0.3 is 5.97 Å². The van der Waals surface area contributed by atoms with Gasteiger partial charge in [-0.15, -0.1) is 0 Å². The van der Waals surface area contributed by atoms with Crippen LogP contribution in [0, 0.1) is 0 Å². The molecule has 2 rings (SSSR count). The molecule has 1 saturated heterocycles. The van der Waals surface area contributed by atoms with Crippen LogP contribution >= 0.6 is 11.6 Å². The number of anilines is 1. The Kier molecular flexibility index (Phi) is 3.31. The minimum absolute atomic E-state index is 0.164. The second-order valence-corrected chi connectivity index (χ2v) is 4.06. The van der Waals surface area contributed by atoms with Gasteiger partial charge in [-0.2, -0.15) is 0 Å². The van der Waals surface area contributed by atoms with Crippen LogP contribution in [0.25, 0.3) is 0 Å². The van der Waals surface area contributed by atoms with Crippen LogP contribution in [0.4, 0.5) is 5.69 Å². The zero-order chi connectivity index (χ0) is 11.5. The summed E-state index contributed by atoms with van der Waals surface area (Å²) < 4.78 is 10.3. The van der Waals surface area contributed by atoms with E-state index in [0.717, 1.165) is 6.42 Å². The summed E-state index contributed by atoms with van der Waals surface area (Å²) >= 11 is 5.74. The van der Waals surface area contributed by atoms with Crippen LogP contribution in [-0.2, 0) is 9.47 Å².